The summed E-state index contributed by atoms with van der Waals surface area (Å²) in [6, 6.07) is 18.5. The molecule has 0 aliphatic heterocycles. The minimum absolute atomic E-state index is 0.205. The van der Waals surface area contributed by atoms with Gasteiger partial charge >= 0.3 is 0 Å². The highest BCUT2D eigenvalue weighted by Crippen LogP contribution is 2.28. The van der Waals surface area contributed by atoms with E-state index in [4.69, 9.17) is 32.1 Å². The average Bonchev–Trinajstić information content (AvgIpc) is 2.91. The number of halogens is 1. The van der Waals surface area contributed by atoms with Gasteiger partial charge in [-0.05, 0) is 79.2 Å². The highest BCUT2D eigenvalue weighted by atomic mass is 35.5. The molecule has 0 unspecified atom stereocenters. The number of anilines is 1. The molecule has 0 fully saturated rings. The minimum Gasteiger partial charge on any atom is -0.493 e. The van der Waals surface area contributed by atoms with Gasteiger partial charge in [-0.25, -0.2) is 0 Å². The van der Waals surface area contributed by atoms with Crippen molar-refractivity contribution in [2.24, 2.45) is 5.73 Å². The number of hydrogen-bond acceptors (Lipinski definition) is 6. The molecule has 0 saturated carbocycles. The molecular formula is C27H27ClN4O4. The van der Waals surface area contributed by atoms with Gasteiger partial charge in [0.05, 0.1) is 25.9 Å². The standard InChI is InChI=1S/C27H27ClN4O4/c1-35-24-11-8-20(15-25(24)36-2)26(33)31-22-9-10-23(28)21(14-22)17-32(13-3-12-29)27(34)19-6-4-18(16-30)5-7-19/h4-11,14-15H,3,12-13,17,29H2,1-2H3,(H,31,33). The number of ether oxygens (including phenoxy) is 2. The monoisotopic (exact) mass is 506 g/mol. The molecular weight excluding hydrogens is 480 g/mol. The highest BCUT2D eigenvalue weighted by molar-refractivity contribution is 6.31. The van der Waals surface area contributed by atoms with E-state index in [1.54, 1.807) is 65.6 Å². The van der Waals surface area contributed by atoms with Gasteiger partial charge in [0, 0.05) is 34.9 Å². The Morgan fingerprint density at radius 3 is 2.33 bits per heavy atom. The number of benzene rings is 3. The number of amides is 2. The van der Waals surface area contributed by atoms with Crippen molar-refractivity contribution in [2.45, 2.75) is 13.0 Å². The number of nitrogens with one attached hydrogen (secondary N) is 1. The zero-order valence-corrected chi connectivity index (χ0v) is 20.8. The molecule has 0 heterocycles. The molecule has 0 saturated heterocycles. The zero-order chi connectivity index (χ0) is 26.1. The first-order chi connectivity index (χ1) is 17.4. The van der Waals surface area contributed by atoms with Crippen molar-refractivity contribution in [3.8, 4) is 17.6 Å². The van der Waals surface area contributed by atoms with Crippen molar-refractivity contribution >= 4 is 29.1 Å². The fourth-order valence-electron chi connectivity index (χ4n) is 3.56. The van der Waals surface area contributed by atoms with Gasteiger partial charge in [0.2, 0.25) is 0 Å². The summed E-state index contributed by atoms with van der Waals surface area (Å²) in [6.07, 6.45) is 0.607. The summed E-state index contributed by atoms with van der Waals surface area (Å²) >= 11 is 6.45. The van der Waals surface area contributed by atoms with Crippen LogP contribution in [-0.2, 0) is 6.54 Å². The van der Waals surface area contributed by atoms with Crippen LogP contribution in [0.25, 0.3) is 0 Å². The number of hydrogen-bond donors (Lipinski definition) is 2. The number of nitriles is 1. The normalized spacial score (nSPS) is 10.3. The van der Waals surface area contributed by atoms with Gasteiger partial charge in [0.1, 0.15) is 0 Å². The van der Waals surface area contributed by atoms with Crippen LogP contribution in [0.3, 0.4) is 0 Å². The summed E-state index contributed by atoms with van der Waals surface area (Å²) in [7, 11) is 3.02. The number of nitrogens with zero attached hydrogens (tertiary/aromatic N) is 2. The van der Waals surface area contributed by atoms with Crippen molar-refractivity contribution in [3.63, 3.8) is 0 Å². The summed E-state index contributed by atoms with van der Waals surface area (Å²) in [5, 5.41) is 12.3. The predicted octanol–water partition coefficient (Wildman–Crippen LogP) is 4.47. The maximum absolute atomic E-state index is 13.2. The van der Waals surface area contributed by atoms with Gasteiger partial charge in [0.15, 0.2) is 11.5 Å². The van der Waals surface area contributed by atoms with Crippen molar-refractivity contribution in [2.75, 3.05) is 32.6 Å². The third-order valence-electron chi connectivity index (χ3n) is 5.49. The van der Waals surface area contributed by atoms with Gasteiger partial charge in [-0.3, -0.25) is 9.59 Å². The number of nitrogens with two attached hydrogens (primary N) is 1. The van der Waals surface area contributed by atoms with E-state index in [0.29, 0.717) is 64.0 Å². The van der Waals surface area contributed by atoms with Crippen molar-refractivity contribution in [1.82, 2.24) is 4.90 Å². The van der Waals surface area contributed by atoms with Crippen molar-refractivity contribution in [3.05, 3.63) is 87.9 Å². The van der Waals surface area contributed by atoms with Gasteiger partial charge in [0.25, 0.3) is 11.8 Å². The van der Waals surface area contributed by atoms with Crippen LogP contribution < -0.4 is 20.5 Å². The molecule has 0 aliphatic rings. The van der Waals surface area contributed by atoms with E-state index in [1.807, 2.05) is 6.07 Å². The molecule has 0 aliphatic carbocycles. The number of methoxy groups -OCH3 is 2. The van der Waals surface area contributed by atoms with Crippen LogP contribution in [0, 0.1) is 11.3 Å². The second-order valence-corrected chi connectivity index (χ2v) is 8.30. The van der Waals surface area contributed by atoms with E-state index < -0.39 is 0 Å². The molecule has 2 amide bonds. The Hall–Kier alpha value is -4.06. The molecule has 0 bridgehead atoms. The lowest BCUT2D eigenvalue weighted by Crippen LogP contribution is -2.32. The van der Waals surface area contributed by atoms with Gasteiger partial charge in [-0.1, -0.05) is 11.6 Å². The third kappa shape index (κ3) is 6.54. The third-order valence-corrected chi connectivity index (χ3v) is 5.86. The number of carbonyl (C=O) groups is 2. The summed E-state index contributed by atoms with van der Waals surface area (Å²) in [5.74, 6) is 0.424. The van der Waals surface area contributed by atoms with E-state index in [-0.39, 0.29) is 18.4 Å². The van der Waals surface area contributed by atoms with Crippen molar-refractivity contribution < 1.29 is 19.1 Å². The van der Waals surface area contributed by atoms with Gasteiger partial charge in [-0.15, -0.1) is 0 Å². The molecule has 9 heteroatoms. The first kappa shape index (κ1) is 26.5. The average molecular weight is 507 g/mol. The van der Waals surface area contributed by atoms with Crippen LogP contribution in [0.4, 0.5) is 5.69 Å². The smallest absolute Gasteiger partial charge is 0.255 e. The zero-order valence-electron chi connectivity index (χ0n) is 20.1. The lowest BCUT2D eigenvalue weighted by atomic mass is 10.1. The molecule has 3 N–H and O–H groups in total. The van der Waals surface area contributed by atoms with Crippen LogP contribution in [0.2, 0.25) is 5.02 Å². The molecule has 3 aromatic carbocycles. The second kappa shape index (κ2) is 12.6. The molecule has 3 rings (SSSR count). The minimum atomic E-state index is -0.335. The van der Waals surface area contributed by atoms with Crippen LogP contribution in [-0.4, -0.2) is 44.0 Å². The fraction of sp³-hybridized carbons (Fsp3) is 0.222. The van der Waals surface area contributed by atoms with E-state index in [0.717, 1.165) is 0 Å². The molecule has 3 aromatic rings. The molecule has 186 valence electrons. The maximum Gasteiger partial charge on any atom is 0.255 e. The lowest BCUT2D eigenvalue weighted by Gasteiger charge is -2.24. The van der Waals surface area contributed by atoms with Crippen LogP contribution in [0.15, 0.2) is 60.7 Å². The Morgan fingerprint density at radius 2 is 1.69 bits per heavy atom. The lowest BCUT2D eigenvalue weighted by molar-refractivity contribution is 0.0742. The Kier molecular flexibility index (Phi) is 9.28. The molecule has 36 heavy (non-hydrogen) atoms. The number of carbonyl (C=O) groups excluding carboxylic acids is 2. The SMILES string of the molecule is COc1ccc(C(=O)Nc2ccc(Cl)c(CN(CCCN)C(=O)c3ccc(C#N)cc3)c2)cc1OC. The summed E-state index contributed by atoms with van der Waals surface area (Å²) < 4.78 is 10.5. The Balaban J connectivity index is 1.81. The van der Waals surface area contributed by atoms with E-state index in [9.17, 15) is 9.59 Å². The fourth-order valence-corrected chi connectivity index (χ4v) is 3.74. The molecule has 0 aromatic heterocycles. The first-order valence-corrected chi connectivity index (χ1v) is 11.6. The second-order valence-electron chi connectivity index (χ2n) is 7.89. The van der Waals surface area contributed by atoms with Crippen LogP contribution in [0.1, 0.15) is 38.3 Å². The van der Waals surface area contributed by atoms with Crippen LogP contribution in [0.5, 0.6) is 11.5 Å². The van der Waals surface area contributed by atoms with Crippen LogP contribution >= 0.6 is 11.6 Å². The first-order valence-electron chi connectivity index (χ1n) is 11.2. The largest absolute Gasteiger partial charge is 0.493 e. The number of rotatable bonds is 10. The predicted molar refractivity (Wildman–Crippen MR) is 139 cm³/mol. The van der Waals surface area contributed by atoms with Gasteiger partial charge < -0.3 is 25.4 Å². The highest BCUT2D eigenvalue weighted by Gasteiger charge is 2.18. The van der Waals surface area contributed by atoms with Crippen molar-refractivity contribution in [1.29, 1.82) is 5.26 Å². The Bertz CT molecular complexity index is 1270. The molecule has 0 radical (unpaired) electrons. The molecule has 8 nitrogen and oxygen atoms in total. The van der Waals surface area contributed by atoms with E-state index in [1.165, 1.54) is 14.2 Å². The van der Waals surface area contributed by atoms with E-state index >= 15 is 0 Å². The summed E-state index contributed by atoms with van der Waals surface area (Å²) in [5.41, 5.74) is 8.20. The summed E-state index contributed by atoms with van der Waals surface area (Å²) in [6.45, 7) is 1.07. The van der Waals surface area contributed by atoms with E-state index in [2.05, 4.69) is 5.32 Å². The maximum atomic E-state index is 13.2. The topological polar surface area (TPSA) is 118 Å². The molecule has 0 atom stereocenters. The Labute approximate surface area is 215 Å². The summed E-state index contributed by atoms with van der Waals surface area (Å²) in [4.78, 5) is 27.7. The Morgan fingerprint density at radius 1 is 1.00 bits per heavy atom. The van der Waals surface area contributed by atoms with Gasteiger partial charge in [-0.2, -0.15) is 5.26 Å². The quantitative estimate of drug-likeness (QED) is 0.419. The molecule has 0 spiro atoms.